The van der Waals surface area contributed by atoms with Crippen molar-refractivity contribution in [2.75, 3.05) is 5.32 Å². The molecule has 0 fully saturated rings. The van der Waals surface area contributed by atoms with Crippen molar-refractivity contribution in [2.24, 2.45) is 0 Å². The first-order chi connectivity index (χ1) is 9.90. The highest BCUT2D eigenvalue weighted by atomic mass is 19.1. The van der Waals surface area contributed by atoms with Crippen LogP contribution in [0.4, 0.5) is 10.1 Å². The highest BCUT2D eigenvalue weighted by molar-refractivity contribution is 6.06. The third kappa shape index (κ3) is 3.00. The molecule has 3 N–H and O–H groups in total. The molecule has 0 heterocycles. The van der Waals surface area contributed by atoms with Crippen molar-refractivity contribution in [3.63, 3.8) is 0 Å². The molecule has 0 atom stereocenters. The van der Waals surface area contributed by atoms with Gasteiger partial charge in [-0.15, -0.1) is 0 Å². The molecular weight excluding hydrogens is 277 g/mol. The first kappa shape index (κ1) is 14.5. The topological polar surface area (TPSA) is 86.6 Å². The Balaban J connectivity index is 2.29. The summed E-state index contributed by atoms with van der Waals surface area (Å²) in [6, 6.07) is 7.82. The van der Waals surface area contributed by atoms with Gasteiger partial charge in [-0.2, -0.15) is 0 Å². The number of anilines is 1. The fourth-order valence-electron chi connectivity index (χ4n) is 1.80. The van der Waals surface area contributed by atoms with Crippen molar-refractivity contribution in [2.45, 2.75) is 6.92 Å². The van der Waals surface area contributed by atoms with Gasteiger partial charge in [0.15, 0.2) is 5.75 Å². The molecule has 5 nitrogen and oxygen atoms in total. The molecule has 0 aliphatic heterocycles. The van der Waals surface area contributed by atoms with Gasteiger partial charge in [0, 0.05) is 5.56 Å². The highest BCUT2D eigenvalue weighted by Gasteiger charge is 2.15. The minimum Gasteiger partial charge on any atom is -0.505 e. The Hall–Kier alpha value is -2.89. The Labute approximate surface area is 119 Å². The average Bonchev–Trinajstić information content (AvgIpc) is 2.43. The normalized spacial score (nSPS) is 10.2. The zero-order valence-corrected chi connectivity index (χ0v) is 11.1. The summed E-state index contributed by atoms with van der Waals surface area (Å²) in [5.41, 5.74) is 0.171. The number of halogens is 1. The number of rotatable bonds is 3. The average molecular weight is 289 g/mol. The van der Waals surface area contributed by atoms with E-state index in [9.17, 15) is 19.1 Å². The number of carboxylic acid groups (broad SMARTS) is 1. The van der Waals surface area contributed by atoms with Gasteiger partial charge in [0.2, 0.25) is 0 Å². The molecule has 0 aliphatic carbocycles. The van der Waals surface area contributed by atoms with Crippen LogP contribution in [0.1, 0.15) is 26.3 Å². The van der Waals surface area contributed by atoms with Crippen molar-refractivity contribution in [3.05, 3.63) is 58.9 Å². The summed E-state index contributed by atoms with van der Waals surface area (Å²) in [7, 11) is 0. The van der Waals surface area contributed by atoms with E-state index >= 15 is 0 Å². The van der Waals surface area contributed by atoms with E-state index in [1.165, 1.54) is 37.3 Å². The van der Waals surface area contributed by atoms with Gasteiger partial charge in [-0.05, 0) is 42.8 Å². The molecule has 0 aliphatic rings. The minimum absolute atomic E-state index is 0.0260. The van der Waals surface area contributed by atoms with E-state index in [1.54, 1.807) is 0 Å². The van der Waals surface area contributed by atoms with Crippen molar-refractivity contribution >= 4 is 17.6 Å². The van der Waals surface area contributed by atoms with Gasteiger partial charge in [0.1, 0.15) is 11.4 Å². The van der Waals surface area contributed by atoms with E-state index in [-0.39, 0.29) is 16.8 Å². The lowest BCUT2D eigenvalue weighted by Gasteiger charge is -2.09. The summed E-state index contributed by atoms with van der Waals surface area (Å²) in [6.07, 6.45) is 0. The number of aromatic hydroxyl groups is 1. The molecule has 2 rings (SSSR count). The molecule has 0 unspecified atom stereocenters. The Morgan fingerprint density at radius 3 is 2.52 bits per heavy atom. The minimum atomic E-state index is -1.30. The van der Waals surface area contributed by atoms with Gasteiger partial charge in [0.05, 0.1) is 5.69 Å². The van der Waals surface area contributed by atoms with Gasteiger partial charge in [-0.3, -0.25) is 4.79 Å². The quantitative estimate of drug-likeness (QED) is 0.758. The SMILES string of the molecule is Cc1cc(C(=O)Nc2cccc(C(=O)O)c2O)ccc1F. The number of aromatic carboxylic acids is 1. The van der Waals surface area contributed by atoms with Gasteiger partial charge < -0.3 is 15.5 Å². The molecule has 108 valence electrons. The number of hydrogen-bond acceptors (Lipinski definition) is 3. The molecule has 2 aromatic rings. The molecule has 0 bridgehead atoms. The van der Waals surface area contributed by atoms with Gasteiger partial charge in [-0.25, -0.2) is 9.18 Å². The van der Waals surface area contributed by atoms with Crippen LogP contribution in [-0.2, 0) is 0 Å². The molecule has 0 saturated carbocycles. The van der Waals surface area contributed by atoms with E-state index in [0.717, 1.165) is 6.07 Å². The lowest BCUT2D eigenvalue weighted by Crippen LogP contribution is -2.13. The summed E-state index contributed by atoms with van der Waals surface area (Å²) >= 11 is 0. The van der Waals surface area contributed by atoms with Crippen molar-refractivity contribution in [1.82, 2.24) is 0 Å². The van der Waals surface area contributed by atoms with Crippen molar-refractivity contribution in [1.29, 1.82) is 0 Å². The second kappa shape index (κ2) is 5.62. The first-order valence-corrected chi connectivity index (χ1v) is 6.03. The van der Waals surface area contributed by atoms with Crippen LogP contribution < -0.4 is 5.32 Å². The molecule has 21 heavy (non-hydrogen) atoms. The second-order valence-corrected chi connectivity index (χ2v) is 4.42. The Bertz CT molecular complexity index is 728. The second-order valence-electron chi connectivity index (χ2n) is 4.42. The lowest BCUT2D eigenvalue weighted by molar-refractivity contribution is 0.0693. The van der Waals surface area contributed by atoms with Crippen LogP contribution in [0.15, 0.2) is 36.4 Å². The Kier molecular flexibility index (Phi) is 3.89. The van der Waals surface area contributed by atoms with Crippen LogP contribution >= 0.6 is 0 Å². The first-order valence-electron chi connectivity index (χ1n) is 6.03. The number of aryl methyl sites for hydroxylation is 1. The lowest BCUT2D eigenvalue weighted by atomic mass is 10.1. The molecule has 1 amide bonds. The van der Waals surface area contributed by atoms with Crippen LogP contribution in [0, 0.1) is 12.7 Å². The highest BCUT2D eigenvalue weighted by Crippen LogP contribution is 2.27. The maximum absolute atomic E-state index is 13.2. The van der Waals surface area contributed by atoms with E-state index < -0.39 is 23.4 Å². The maximum atomic E-state index is 13.2. The number of nitrogens with one attached hydrogen (secondary N) is 1. The number of amides is 1. The summed E-state index contributed by atoms with van der Waals surface area (Å²) in [5.74, 6) is -2.84. The Morgan fingerprint density at radius 1 is 1.19 bits per heavy atom. The van der Waals surface area contributed by atoms with Crippen LogP contribution in [0.3, 0.4) is 0 Å². The number of benzene rings is 2. The van der Waals surface area contributed by atoms with E-state index in [4.69, 9.17) is 5.11 Å². The molecule has 0 radical (unpaired) electrons. The van der Waals surface area contributed by atoms with Crippen LogP contribution in [-0.4, -0.2) is 22.1 Å². The van der Waals surface area contributed by atoms with Crippen molar-refractivity contribution in [3.8, 4) is 5.75 Å². The van der Waals surface area contributed by atoms with E-state index in [1.807, 2.05) is 0 Å². The van der Waals surface area contributed by atoms with Crippen LogP contribution in [0.5, 0.6) is 5.75 Å². The third-order valence-electron chi connectivity index (χ3n) is 2.93. The maximum Gasteiger partial charge on any atom is 0.339 e. The number of carbonyl (C=O) groups is 2. The number of hydrogen-bond donors (Lipinski definition) is 3. The smallest absolute Gasteiger partial charge is 0.339 e. The molecule has 0 aromatic heterocycles. The monoisotopic (exact) mass is 289 g/mol. The van der Waals surface area contributed by atoms with Gasteiger partial charge in [0.25, 0.3) is 5.91 Å². The summed E-state index contributed by atoms with van der Waals surface area (Å²) in [6.45, 7) is 1.52. The summed E-state index contributed by atoms with van der Waals surface area (Å²) in [5, 5.41) is 21.1. The zero-order chi connectivity index (χ0) is 15.6. The molecule has 0 spiro atoms. The summed E-state index contributed by atoms with van der Waals surface area (Å²) in [4.78, 5) is 22.9. The molecule has 2 aromatic carbocycles. The number of phenols is 1. The van der Waals surface area contributed by atoms with Crippen LogP contribution in [0.2, 0.25) is 0 Å². The molecule has 6 heteroatoms. The third-order valence-corrected chi connectivity index (χ3v) is 2.93. The van der Waals surface area contributed by atoms with Crippen molar-refractivity contribution < 1.29 is 24.2 Å². The number of carbonyl (C=O) groups excluding carboxylic acids is 1. The fraction of sp³-hybridized carbons (Fsp3) is 0.0667. The van der Waals surface area contributed by atoms with Crippen LogP contribution in [0.25, 0.3) is 0 Å². The largest absolute Gasteiger partial charge is 0.505 e. The molecular formula is C15H12FNO4. The predicted octanol–water partition coefficient (Wildman–Crippen LogP) is 2.79. The summed E-state index contributed by atoms with van der Waals surface area (Å²) < 4.78 is 13.2. The number of para-hydroxylation sites is 1. The standard InChI is InChI=1S/C15H12FNO4/c1-8-7-9(5-6-11(8)16)14(19)17-12-4-2-3-10(13(12)18)15(20)21/h2-7,18H,1H3,(H,17,19)(H,20,21). The number of carboxylic acids is 1. The van der Waals surface area contributed by atoms with Gasteiger partial charge in [-0.1, -0.05) is 6.07 Å². The molecule has 0 saturated heterocycles. The van der Waals surface area contributed by atoms with E-state index in [0.29, 0.717) is 5.56 Å². The van der Waals surface area contributed by atoms with Gasteiger partial charge >= 0.3 is 5.97 Å². The van der Waals surface area contributed by atoms with E-state index in [2.05, 4.69) is 5.32 Å². The fourth-order valence-corrected chi connectivity index (χ4v) is 1.80. The zero-order valence-electron chi connectivity index (χ0n) is 11.1. The predicted molar refractivity (Wildman–Crippen MR) is 74.2 cm³/mol. The Morgan fingerprint density at radius 2 is 1.90 bits per heavy atom.